The first-order chi connectivity index (χ1) is 14.8. The molecule has 31 heavy (non-hydrogen) atoms. The van der Waals surface area contributed by atoms with Crippen LogP contribution in [0, 0.1) is 19.8 Å². The number of hydrogen-bond donors (Lipinski definition) is 2. The zero-order valence-electron chi connectivity index (χ0n) is 17.8. The molecule has 0 radical (unpaired) electrons. The summed E-state index contributed by atoms with van der Waals surface area (Å²) in [7, 11) is 0. The van der Waals surface area contributed by atoms with Gasteiger partial charge in [-0.3, -0.25) is 9.59 Å². The minimum absolute atomic E-state index is 0.299. The van der Waals surface area contributed by atoms with Crippen LogP contribution >= 0.6 is 11.3 Å². The van der Waals surface area contributed by atoms with Crippen LogP contribution in [-0.4, -0.2) is 17.0 Å². The lowest BCUT2D eigenvalue weighted by molar-refractivity contribution is 0.1000. The van der Waals surface area contributed by atoms with Crippen molar-refractivity contribution in [2.75, 3.05) is 5.32 Å². The van der Waals surface area contributed by atoms with Crippen molar-refractivity contribution in [1.82, 2.24) is 5.16 Å². The molecule has 2 amide bonds. The van der Waals surface area contributed by atoms with Gasteiger partial charge in [0.15, 0.2) is 0 Å². The van der Waals surface area contributed by atoms with E-state index in [1.54, 1.807) is 24.3 Å². The maximum atomic E-state index is 12.9. The molecule has 162 valence electrons. The standard InChI is InChI=1S/C23H25N3O4S/c1-12-7-8-17-19(9-12)31-23(20(17)21(24)27)25-22(28)15-5-4-6-16(10-15)29-11-18-13(2)26-30-14(18)3/h4-6,10,12H,7-9,11H2,1-3H3,(H2,24,27)(H,25,28)/t12-/m0/s1. The molecule has 1 aliphatic rings. The van der Waals surface area contributed by atoms with Gasteiger partial charge in [0.1, 0.15) is 23.1 Å². The van der Waals surface area contributed by atoms with Gasteiger partial charge in [-0.05, 0) is 62.8 Å². The third-order valence-electron chi connectivity index (χ3n) is 5.65. The SMILES string of the molecule is Cc1noc(C)c1COc1cccc(C(=O)Nc2sc3c(c2C(N)=O)CC[C@H](C)C3)c1. The zero-order chi connectivity index (χ0) is 22.1. The van der Waals surface area contributed by atoms with E-state index in [2.05, 4.69) is 17.4 Å². The average Bonchev–Trinajstić information content (AvgIpc) is 3.25. The number of amides is 2. The first-order valence-electron chi connectivity index (χ1n) is 10.2. The highest BCUT2D eigenvalue weighted by Crippen LogP contribution is 2.39. The average molecular weight is 440 g/mol. The van der Waals surface area contributed by atoms with Gasteiger partial charge in [0.25, 0.3) is 11.8 Å². The van der Waals surface area contributed by atoms with Crippen molar-refractivity contribution < 1.29 is 18.8 Å². The Morgan fingerprint density at radius 2 is 2.16 bits per heavy atom. The van der Waals surface area contributed by atoms with Crippen LogP contribution in [0.1, 0.15) is 61.5 Å². The topological polar surface area (TPSA) is 107 Å². The molecule has 4 rings (SSSR count). The predicted molar refractivity (Wildman–Crippen MR) is 119 cm³/mol. The van der Waals surface area contributed by atoms with Crippen LogP contribution in [0.25, 0.3) is 0 Å². The maximum absolute atomic E-state index is 12.9. The predicted octanol–water partition coefficient (Wildman–Crippen LogP) is 4.41. The van der Waals surface area contributed by atoms with E-state index in [0.717, 1.165) is 41.0 Å². The summed E-state index contributed by atoms with van der Waals surface area (Å²) in [6.45, 7) is 6.18. The van der Waals surface area contributed by atoms with E-state index in [9.17, 15) is 9.59 Å². The Morgan fingerprint density at radius 3 is 2.87 bits per heavy atom. The number of nitrogens with two attached hydrogens (primary N) is 1. The summed E-state index contributed by atoms with van der Waals surface area (Å²) < 4.78 is 11.0. The molecule has 0 unspecified atom stereocenters. The minimum Gasteiger partial charge on any atom is -0.489 e. The molecule has 1 aliphatic carbocycles. The van der Waals surface area contributed by atoms with Crippen molar-refractivity contribution in [3.63, 3.8) is 0 Å². The molecule has 0 saturated heterocycles. The monoisotopic (exact) mass is 439 g/mol. The van der Waals surface area contributed by atoms with Crippen LogP contribution in [0.15, 0.2) is 28.8 Å². The van der Waals surface area contributed by atoms with Crippen LogP contribution < -0.4 is 15.8 Å². The van der Waals surface area contributed by atoms with Crippen molar-refractivity contribution in [3.05, 3.63) is 62.9 Å². The first kappa shape index (κ1) is 21.1. The van der Waals surface area contributed by atoms with Crippen LogP contribution in [0.3, 0.4) is 0 Å². The molecular formula is C23H25N3O4S. The van der Waals surface area contributed by atoms with E-state index in [1.165, 1.54) is 11.3 Å². The summed E-state index contributed by atoms with van der Waals surface area (Å²) in [6.07, 6.45) is 2.73. The number of benzene rings is 1. The Morgan fingerprint density at radius 1 is 1.35 bits per heavy atom. The number of anilines is 1. The number of primary amides is 1. The molecule has 2 aromatic heterocycles. The number of aryl methyl sites for hydroxylation is 2. The van der Waals surface area contributed by atoms with E-state index < -0.39 is 5.91 Å². The van der Waals surface area contributed by atoms with Crippen LogP contribution in [0.5, 0.6) is 5.75 Å². The first-order valence-corrected chi connectivity index (χ1v) is 11.1. The Balaban J connectivity index is 1.52. The number of thiophene rings is 1. The highest BCUT2D eigenvalue weighted by atomic mass is 32.1. The maximum Gasteiger partial charge on any atom is 0.256 e. The van der Waals surface area contributed by atoms with Crippen LogP contribution in [-0.2, 0) is 19.4 Å². The second-order valence-electron chi connectivity index (χ2n) is 7.99. The van der Waals surface area contributed by atoms with Gasteiger partial charge in [0, 0.05) is 10.4 Å². The second kappa shape index (κ2) is 8.55. The molecule has 0 aliphatic heterocycles. The van der Waals surface area contributed by atoms with Gasteiger partial charge in [0.2, 0.25) is 0 Å². The summed E-state index contributed by atoms with van der Waals surface area (Å²) in [4.78, 5) is 26.2. The van der Waals surface area contributed by atoms with Crippen molar-refractivity contribution >= 4 is 28.2 Å². The lowest BCUT2D eigenvalue weighted by Crippen LogP contribution is -2.19. The van der Waals surface area contributed by atoms with Crippen molar-refractivity contribution in [2.45, 2.75) is 46.6 Å². The van der Waals surface area contributed by atoms with Gasteiger partial charge in [-0.1, -0.05) is 18.1 Å². The fraction of sp³-hybridized carbons (Fsp3) is 0.348. The van der Waals surface area contributed by atoms with Crippen molar-refractivity contribution in [1.29, 1.82) is 0 Å². The molecule has 7 nitrogen and oxygen atoms in total. The zero-order valence-corrected chi connectivity index (χ0v) is 18.6. The Labute approximate surface area is 184 Å². The van der Waals surface area contributed by atoms with Gasteiger partial charge in [-0.2, -0.15) is 0 Å². The lowest BCUT2D eigenvalue weighted by Gasteiger charge is -2.18. The minimum atomic E-state index is -0.501. The quantitative estimate of drug-likeness (QED) is 0.592. The smallest absolute Gasteiger partial charge is 0.256 e. The van der Waals surface area contributed by atoms with Crippen LogP contribution in [0.4, 0.5) is 5.00 Å². The van der Waals surface area contributed by atoms with Gasteiger partial charge < -0.3 is 20.3 Å². The summed E-state index contributed by atoms with van der Waals surface area (Å²) in [5.41, 5.74) is 9.19. The lowest BCUT2D eigenvalue weighted by atomic mass is 9.88. The molecule has 0 fully saturated rings. The van der Waals surface area contributed by atoms with Gasteiger partial charge in [-0.25, -0.2) is 0 Å². The summed E-state index contributed by atoms with van der Waals surface area (Å²) >= 11 is 1.45. The van der Waals surface area contributed by atoms with E-state index in [0.29, 0.717) is 40.2 Å². The molecule has 1 atom stereocenters. The Kier molecular flexibility index (Phi) is 5.82. The largest absolute Gasteiger partial charge is 0.489 e. The number of aromatic nitrogens is 1. The van der Waals surface area contributed by atoms with Crippen LogP contribution in [0.2, 0.25) is 0 Å². The Bertz CT molecular complexity index is 1130. The number of carbonyl (C=O) groups excluding carboxylic acids is 2. The van der Waals surface area contributed by atoms with Gasteiger partial charge >= 0.3 is 0 Å². The number of carbonyl (C=O) groups is 2. The molecule has 3 N–H and O–H groups in total. The van der Waals surface area contributed by atoms with E-state index >= 15 is 0 Å². The normalized spacial score (nSPS) is 15.4. The third-order valence-corrected chi connectivity index (χ3v) is 6.82. The molecule has 2 heterocycles. The number of ether oxygens (including phenoxy) is 1. The number of nitrogens with zero attached hydrogens (tertiary/aromatic N) is 1. The highest BCUT2D eigenvalue weighted by Gasteiger charge is 2.27. The van der Waals surface area contributed by atoms with Crippen molar-refractivity contribution in [2.24, 2.45) is 11.7 Å². The number of rotatable bonds is 6. The Hall–Kier alpha value is -3.13. The number of nitrogens with one attached hydrogen (secondary N) is 1. The molecule has 0 saturated carbocycles. The van der Waals surface area contributed by atoms with Crippen molar-refractivity contribution in [3.8, 4) is 5.75 Å². The van der Waals surface area contributed by atoms with E-state index in [1.807, 2.05) is 13.8 Å². The fourth-order valence-corrected chi connectivity index (χ4v) is 5.28. The molecular weight excluding hydrogens is 414 g/mol. The molecule has 8 heteroatoms. The number of fused-ring (bicyclic) bond motifs is 1. The summed E-state index contributed by atoms with van der Waals surface area (Å²) in [6, 6.07) is 6.92. The van der Waals surface area contributed by atoms with E-state index in [4.69, 9.17) is 15.0 Å². The van der Waals surface area contributed by atoms with E-state index in [-0.39, 0.29) is 5.91 Å². The fourth-order valence-electron chi connectivity index (χ4n) is 3.87. The molecule has 0 spiro atoms. The summed E-state index contributed by atoms with van der Waals surface area (Å²) in [5.74, 6) is 1.02. The third kappa shape index (κ3) is 4.34. The molecule has 3 aromatic rings. The number of hydrogen-bond acceptors (Lipinski definition) is 6. The summed E-state index contributed by atoms with van der Waals surface area (Å²) in [5, 5.41) is 7.34. The van der Waals surface area contributed by atoms with Gasteiger partial charge in [0.05, 0.1) is 16.8 Å². The highest BCUT2D eigenvalue weighted by molar-refractivity contribution is 7.17. The second-order valence-corrected chi connectivity index (χ2v) is 9.10. The van der Waals surface area contributed by atoms with Gasteiger partial charge in [-0.15, -0.1) is 11.3 Å². The molecule has 0 bridgehead atoms. The molecule has 1 aromatic carbocycles.